The highest BCUT2D eigenvalue weighted by Gasteiger charge is 2.58. The number of carbonyl (C=O) groups excluding carboxylic acids is 2. The molecular formula is C17H24ClN3O2S. The smallest absolute Gasteiger partial charge is 0.254 e. The van der Waals surface area contributed by atoms with E-state index in [2.05, 4.69) is 5.32 Å². The van der Waals surface area contributed by atoms with E-state index in [0.29, 0.717) is 37.5 Å². The number of hydrogen-bond acceptors (Lipinski definition) is 4. The summed E-state index contributed by atoms with van der Waals surface area (Å²) >= 11 is 1.54. The van der Waals surface area contributed by atoms with Gasteiger partial charge in [-0.05, 0) is 49.2 Å². The Morgan fingerprint density at radius 3 is 2.42 bits per heavy atom. The largest absolute Gasteiger partial charge is 0.339 e. The van der Waals surface area contributed by atoms with Gasteiger partial charge in [-0.2, -0.15) is 11.3 Å². The third kappa shape index (κ3) is 3.19. The summed E-state index contributed by atoms with van der Waals surface area (Å²) in [5.74, 6) is 0.665. The number of piperazine rings is 1. The van der Waals surface area contributed by atoms with Gasteiger partial charge < -0.3 is 15.1 Å². The number of thiophene rings is 1. The Morgan fingerprint density at radius 1 is 1.12 bits per heavy atom. The van der Waals surface area contributed by atoms with E-state index in [4.69, 9.17) is 0 Å². The molecule has 132 valence electrons. The summed E-state index contributed by atoms with van der Waals surface area (Å²) in [5, 5.41) is 7.21. The minimum absolute atomic E-state index is 0. The van der Waals surface area contributed by atoms with Crippen molar-refractivity contribution in [3.63, 3.8) is 0 Å². The zero-order valence-corrected chi connectivity index (χ0v) is 15.3. The quantitative estimate of drug-likeness (QED) is 0.865. The average molecular weight is 370 g/mol. The summed E-state index contributed by atoms with van der Waals surface area (Å²) in [4.78, 5) is 28.9. The van der Waals surface area contributed by atoms with Crippen molar-refractivity contribution in [1.82, 2.24) is 15.1 Å². The lowest BCUT2D eigenvalue weighted by Crippen LogP contribution is -2.51. The van der Waals surface area contributed by atoms with Crippen molar-refractivity contribution in [2.75, 3.05) is 39.3 Å². The molecule has 1 aliphatic carbocycles. The van der Waals surface area contributed by atoms with E-state index in [0.717, 1.165) is 37.9 Å². The van der Waals surface area contributed by atoms with Crippen LogP contribution in [0.2, 0.25) is 0 Å². The fourth-order valence-electron chi connectivity index (χ4n) is 4.09. The van der Waals surface area contributed by atoms with E-state index in [1.807, 2.05) is 26.6 Å². The van der Waals surface area contributed by atoms with Crippen LogP contribution in [0.15, 0.2) is 16.8 Å². The lowest BCUT2D eigenvalue weighted by atomic mass is 9.91. The molecule has 7 heteroatoms. The van der Waals surface area contributed by atoms with Crippen LogP contribution < -0.4 is 5.32 Å². The summed E-state index contributed by atoms with van der Waals surface area (Å²) in [6.45, 7) is 4.77. The highest BCUT2D eigenvalue weighted by molar-refractivity contribution is 7.08. The molecule has 0 aromatic carbocycles. The Morgan fingerprint density at radius 2 is 1.79 bits per heavy atom. The summed E-state index contributed by atoms with van der Waals surface area (Å²) < 4.78 is 0. The van der Waals surface area contributed by atoms with Gasteiger partial charge in [-0.15, -0.1) is 12.4 Å². The van der Waals surface area contributed by atoms with E-state index in [9.17, 15) is 9.59 Å². The summed E-state index contributed by atoms with van der Waals surface area (Å²) in [6, 6.07) is 1.87. The van der Waals surface area contributed by atoms with Gasteiger partial charge >= 0.3 is 0 Å². The molecule has 2 amide bonds. The SMILES string of the molecule is Cl.O=C(c1ccsc1)N1CCN(C(=O)C2CC23CCNCC3)CC1. The van der Waals surface area contributed by atoms with E-state index in [1.165, 1.54) is 0 Å². The van der Waals surface area contributed by atoms with Crippen LogP contribution >= 0.6 is 23.7 Å². The highest BCUT2D eigenvalue weighted by atomic mass is 35.5. The molecule has 4 rings (SSSR count). The zero-order valence-electron chi connectivity index (χ0n) is 13.7. The molecule has 3 aliphatic rings. The normalized spacial score (nSPS) is 25.2. The fraction of sp³-hybridized carbons (Fsp3) is 0.647. The van der Waals surface area contributed by atoms with Gasteiger partial charge in [-0.3, -0.25) is 9.59 Å². The van der Waals surface area contributed by atoms with Gasteiger partial charge in [-0.25, -0.2) is 0 Å². The molecule has 3 fully saturated rings. The Labute approximate surface area is 152 Å². The molecule has 0 radical (unpaired) electrons. The van der Waals surface area contributed by atoms with Gasteiger partial charge in [0.15, 0.2) is 0 Å². The Balaban J connectivity index is 0.00000169. The van der Waals surface area contributed by atoms with Gasteiger partial charge in [0.2, 0.25) is 5.91 Å². The molecule has 0 bridgehead atoms. The standard InChI is InChI=1S/C17H23N3O2S.ClH/c21-15(13-1-10-23-12-13)19-6-8-20(9-7-19)16(22)14-11-17(14)2-4-18-5-3-17;/h1,10,12,14,18H,2-9,11H2;1H. The van der Waals surface area contributed by atoms with Gasteiger partial charge in [-0.1, -0.05) is 0 Å². The van der Waals surface area contributed by atoms with Crippen molar-refractivity contribution in [1.29, 1.82) is 0 Å². The number of rotatable bonds is 2. The average Bonchev–Trinajstić information content (AvgIpc) is 3.02. The van der Waals surface area contributed by atoms with E-state index < -0.39 is 0 Å². The number of amides is 2. The van der Waals surface area contributed by atoms with Crippen molar-refractivity contribution in [3.05, 3.63) is 22.4 Å². The van der Waals surface area contributed by atoms with Gasteiger partial charge in [0.25, 0.3) is 5.91 Å². The highest BCUT2D eigenvalue weighted by Crippen LogP contribution is 2.59. The molecule has 1 unspecified atom stereocenters. The van der Waals surface area contributed by atoms with Gasteiger partial charge in [0.1, 0.15) is 0 Å². The van der Waals surface area contributed by atoms with Crippen LogP contribution in [0.3, 0.4) is 0 Å². The molecule has 24 heavy (non-hydrogen) atoms. The van der Waals surface area contributed by atoms with Crippen LogP contribution in [-0.2, 0) is 4.79 Å². The predicted molar refractivity (Wildman–Crippen MR) is 96.7 cm³/mol. The minimum atomic E-state index is 0. The summed E-state index contributed by atoms with van der Waals surface area (Å²) in [6.07, 6.45) is 3.35. The number of piperidine rings is 1. The molecule has 1 aromatic rings. The van der Waals surface area contributed by atoms with Crippen molar-refractivity contribution >= 4 is 35.6 Å². The first kappa shape index (κ1) is 17.7. The van der Waals surface area contributed by atoms with Crippen LogP contribution in [-0.4, -0.2) is 60.9 Å². The van der Waals surface area contributed by atoms with Crippen LogP contribution in [0.1, 0.15) is 29.6 Å². The lowest BCUT2D eigenvalue weighted by Gasteiger charge is -2.35. The molecule has 2 saturated heterocycles. The molecule has 5 nitrogen and oxygen atoms in total. The van der Waals surface area contributed by atoms with Gasteiger partial charge in [0.05, 0.1) is 5.56 Å². The Bertz CT molecular complexity index is 593. The first-order valence-corrected chi connectivity index (χ1v) is 9.45. The van der Waals surface area contributed by atoms with E-state index >= 15 is 0 Å². The second-order valence-electron chi connectivity index (χ2n) is 7.00. The Kier molecular flexibility index (Phi) is 5.18. The molecule has 3 heterocycles. The topological polar surface area (TPSA) is 52.7 Å². The third-order valence-corrected chi connectivity index (χ3v) is 6.42. The first-order valence-electron chi connectivity index (χ1n) is 8.51. The third-order valence-electron chi connectivity index (χ3n) is 5.73. The molecule has 1 N–H and O–H groups in total. The molecule has 1 aromatic heterocycles. The summed E-state index contributed by atoms with van der Waals surface area (Å²) in [5.41, 5.74) is 1.07. The number of carbonyl (C=O) groups is 2. The molecule has 1 spiro atoms. The van der Waals surface area contributed by atoms with Crippen LogP contribution in [0, 0.1) is 11.3 Å². The Hall–Kier alpha value is -1.11. The molecule has 1 atom stereocenters. The second kappa shape index (κ2) is 7.02. The maximum absolute atomic E-state index is 12.7. The maximum Gasteiger partial charge on any atom is 0.254 e. The number of nitrogens with one attached hydrogen (secondary N) is 1. The first-order chi connectivity index (χ1) is 11.2. The molecule has 2 aliphatic heterocycles. The monoisotopic (exact) mass is 369 g/mol. The van der Waals surface area contributed by atoms with Crippen molar-refractivity contribution in [2.24, 2.45) is 11.3 Å². The number of nitrogens with zero attached hydrogens (tertiary/aromatic N) is 2. The van der Waals surface area contributed by atoms with Crippen LogP contribution in [0.25, 0.3) is 0 Å². The maximum atomic E-state index is 12.7. The van der Waals surface area contributed by atoms with Crippen molar-refractivity contribution in [2.45, 2.75) is 19.3 Å². The fourth-order valence-corrected chi connectivity index (χ4v) is 4.72. The predicted octanol–water partition coefficient (Wildman–Crippen LogP) is 1.84. The lowest BCUT2D eigenvalue weighted by molar-refractivity contribution is -0.135. The molecule has 1 saturated carbocycles. The van der Waals surface area contributed by atoms with Crippen molar-refractivity contribution < 1.29 is 9.59 Å². The minimum Gasteiger partial charge on any atom is -0.339 e. The second-order valence-corrected chi connectivity index (χ2v) is 7.78. The van der Waals surface area contributed by atoms with Gasteiger partial charge in [0, 0.05) is 37.5 Å². The van der Waals surface area contributed by atoms with E-state index in [-0.39, 0.29) is 24.2 Å². The van der Waals surface area contributed by atoms with E-state index in [1.54, 1.807) is 11.3 Å². The van der Waals surface area contributed by atoms with Crippen LogP contribution in [0.4, 0.5) is 0 Å². The number of halogens is 1. The van der Waals surface area contributed by atoms with Crippen LogP contribution in [0.5, 0.6) is 0 Å². The molecular weight excluding hydrogens is 346 g/mol. The number of hydrogen-bond donors (Lipinski definition) is 1. The summed E-state index contributed by atoms with van der Waals surface area (Å²) in [7, 11) is 0. The van der Waals surface area contributed by atoms with Crippen molar-refractivity contribution in [3.8, 4) is 0 Å². The zero-order chi connectivity index (χ0) is 15.9.